The molecular weight excluding hydrogens is 433 g/mol. The Kier molecular flexibility index (Phi) is 6.03. The number of hydrogen-bond donors (Lipinski definition) is 0. The molecule has 0 aliphatic carbocycles. The molecule has 0 radical (unpaired) electrons. The molecule has 0 bridgehead atoms. The van der Waals surface area contributed by atoms with Crippen molar-refractivity contribution in [3.63, 3.8) is 0 Å². The molecule has 6 heteroatoms. The first-order valence-electron chi connectivity index (χ1n) is 9.56. The molecule has 1 heterocycles. The predicted molar refractivity (Wildman–Crippen MR) is 123 cm³/mol. The van der Waals surface area contributed by atoms with Gasteiger partial charge >= 0.3 is 5.97 Å². The normalized spacial score (nSPS) is 10.8. The number of hydrogen-bond acceptors (Lipinski definition) is 4. The molecule has 1 aromatic heterocycles. The molecule has 4 rings (SSSR count). The average molecular weight is 450 g/mol. The number of rotatable bonds is 5. The van der Waals surface area contributed by atoms with Crippen LogP contribution in [-0.2, 0) is 4.74 Å². The first-order chi connectivity index (χ1) is 15.0. The lowest BCUT2D eigenvalue weighted by Crippen LogP contribution is -2.16. The van der Waals surface area contributed by atoms with Crippen molar-refractivity contribution in [3.8, 4) is 11.3 Å². The monoisotopic (exact) mass is 449 g/mol. The average Bonchev–Trinajstić information content (AvgIpc) is 2.78. The lowest BCUT2D eigenvalue weighted by molar-refractivity contribution is 0.0476. The second kappa shape index (κ2) is 8.88. The Morgan fingerprint density at radius 2 is 1.61 bits per heavy atom. The Labute approximate surface area is 189 Å². The quantitative estimate of drug-likeness (QED) is 0.255. The fourth-order valence-corrected chi connectivity index (χ4v) is 3.75. The van der Waals surface area contributed by atoms with Crippen LogP contribution in [0.15, 0.2) is 72.8 Å². The number of nitrogens with zero attached hydrogens (tertiary/aromatic N) is 1. The maximum absolute atomic E-state index is 13.1. The van der Waals surface area contributed by atoms with E-state index in [4.69, 9.17) is 32.9 Å². The van der Waals surface area contributed by atoms with Gasteiger partial charge in [-0.2, -0.15) is 0 Å². The highest BCUT2D eigenvalue weighted by atomic mass is 35.5. The Morgan fingerprint density at radius 1 is 0.903 bits per heavy atom. The van der Waals surface area contributed by atoms with Crippen LogP contribution in [0, 0.1) is 6.92 Å². The van der Waals surface area contributed by atoms with Crippen LogP contribution in [0.25, 0.3) is 22.2 Å². The maximum Gasteiger partial charge on any atom is 0.339 e. The molecule has 0 fully saturated rings. The summed E-state index contributed by atoms with van der Waals surface area (Å²) in [6.45, 7) is 1.43. The third kappa shape index (κ3) is 4.31. The number of carbonyl (C=O) groups excluding carboxylic acids is 2. The molecular formula is C25H17Cl2NO3. The molecule has 0 aliphatic rings. The van der Waals surface area contributed by atoms with Gasteiger partial charge in [0.05, 0.1) is 21.8 Å². The summed E-state index contributed by atoms with van der Waals surface area (Å²) in [7, 11) is 0. The lowest BCUT2D eigenvalue weighted by Gasteiger charge is -2.15. The van der Waals surface area contributed by atoms with E-state index in [1.54, 1.807) is 42.5 Å². The third-order valence-electron chi connectivity index (χ3n) is 4.96. The molecule has 4 nitrogen and oxygen atoms in total. The first-order valence-corrected chi connectivity index (χ1v) is 10.3. The molecule has 0 saturated heterocycles. The van der Waals surface area contributed by atoms with E-state index in [0.29, 0.717) is 43.3 Å². The number of aromatic nitrogens is 1. The summed E-state index contributed by atoms with van der Waals surface area (Å²) in [6, 6.07) is 21.2. The van der Waals surface area contributed by atoms with E-state index in [-0.39, 0.29) is 12.4 Å². The number of fused-ring (bicyclic) bond motifs is 1. The fraction of sp³-hybridized carbons (Fsp3) is 0.0800. The van der Waals surface area contributed by atoms with Crippen LogP contribution in [0.2, 0.25) is 10.0 Å². The molecule has 154 valence electrons. The largest absolute Gasteiger partial charge is 0.454 e. The van der Waals surface area contributed by atoms with Crippen LogP contribution < -0.4 is 0 Å². The Balaban J connectivity index is 1.72. The molecule has 0 spiro atoms. The summed E-state index contributed by atoms with van der Waals surface area (Å²) in [4.78, 5) is 30.2. The number of halogens is 2. The molecule has 0 atom stereocenters. The van der Waals surface area contributed by atoms with Gasteiger partial charge in [0.15, 0.2) is 12.4 Å². The molecule has 0 unspecified atom stereocenters. The SMILES string of the molecule is Cc1c(-c2ccccc2)nc2c(Cl)cccc2c1C(=O)OCC(=O)c1ccc(Cl)cc1. The second-order valence-electron chi connectivity index (χ2n) is 6.97. The van der Waals surface area contributed by atoms with E-state index in [0.717, 1.165) is 5.56 Å². The van der Waals surface area contributed by atoms with E-state index >= 15 is 0 Å². The number of Topliss-reactive ketones (excluding diaryl/α,β-unsaturated/α-hetero) is 1. The van der Waals surface area contributed by atoms with Gasteiger partial charge in [-0.3, -0.25) is 4.79 Å². The van der Waals surface area contributed by atoms with Crippen LogP contribution in [0.4, 0.5) is 0 Å². The van der Waals surface area contributed by atoms with Crippen molar-refractivity contribution in [1.82, 2.24) is 4.98 Å². The van der Waals surface area contributed by atoms with Crippen molar-refractivity contribution in [2.75, 3.05) is 6.61 Å². The highest BCUT2D eigenvalue weighted by Crippen LogP contribution is 2.33. The highest BCUT2D eigenvalue weighted by Gasteiger charge is 2.22. The minimum absolute atomic E-state index is 0.317. The fourth-order valence-electron chi connectivity index (χ4n) is 3.41. The van der Waals surface area contributed by atoms with Crippen molar-refractivity contribution in [1.29, 1.82) is 0 Å². The summed E-state index contributed by atoms with van der Waals surface area (Å²) >= 11 is 12.2. The minimum atomic E-state index is -0.605. The first kappa shape index (κ1) is 21.0. The van der Waals surface area contributed by atoms with Crippen LogP contribution in [-0.4, -0.2) is 23.3 Å². The van der Waals surface area contributed by atoms with Gasteiger partial charge in [-0.1, -0.05) is 65.7 Å². The van der Waals surface area contributed by atoms with Crippen molar-refractivity contribution in [3.05, 3.63) is 99.5 Å². The van der Waals surface area contributed by atoms with E-state index in [1.165, 1.54) is 0 Å². The van der Waals surface area contributed by atoms with Gasteiger partial charge in [0.1, 0.15) is 0 Å². The van der Waals surface area contributed by atoms with E-state index in [1.807, 2.05) is 37.3 Å². The van der Waals surface area contributed by atoms with Crippen molar-refractivity contribution in [2.24, 2.45) is 0 Å². The van der Waals surface area contributed by atoms with Crippen molar-refractivity contribution >= 4 is 45.9 Å². The summed E-state index contributed by atoms with van der Waals surface area (Å²) < 4.78 is 5.40. The smallest absolute Gasteiger partial charge is 0.339 e. The summed E-state index contributed by atoms with van der Waals surface area (Å²) in [5.41, 5.74) is 3.41. The highest BCUT2D eigenvalue weighted by molar-refractivity contribution is 6.35. The van der Waals surface area contributed by atoms with Crippen LogP contribution in [0.5, 0.6) is 0 Å². The standard InChI is InChI=1S/C25H17Cl2NO3/c1-15-22(25(30)31-14-21(29)16-10-12-18(26)13-11-16)19-8-5-9-20(27)24(19)28-23(15)17-6-3-2-4-7-17/h2-13H,14H2,1H3. The predicted octanol–water partition coefficient (Wildman–Crippen LogP) is 6.56. The van der Waals surface area contributed by atoms with Crippen molar-refractivity contribution in [2.45, 2.75) is 6.92 Å². The van der Waals surface area contributed by atoms with Gasteiger partial charge in [0.2, 0.25) is 0 Å². The van der Waals surface area contributed by atoms with Gasteiger partial charge in [-0.25, -0.2) is 9.78 Å². The Bertz CT molecular complexity index is 1290. The van der Waals surface area contributed by atoms with Gasteiger partial charge < -0.3 is 4.74 Å². The topological polar surface area (TPSA) is 56.3 Å². The zero-order valence-corrected chi connectivity index (χ0v) is 18.1. The van der Waals surface area contributed by atoms with E-state index in [9.17, 15) is 9.59 Å². The van der Waals surface area contributed by atoms with Gasteiger partial charge in [-0.05, 0) is 42.8 Å². The molecule has 0 amide bonds. The summed E-state index contributed by atoms with van der Waals surface area (Å²) in [5.74, 6) is -0.922. The molecule has 0 aliphatic heterocycles. The number of benzene rings is 3. The number of ether oxygens (including phenoxy) is 1. The second-order valence-corrected chi connectivity index (χ2v) is 7.81. The summed E-state index contributed by atoms with van der Waals surface area (Å²) in [6.07, 6.45) is 0. The van der Waals surface area contributed by atoms with E-state index in [2.05, 4.69) is 0 Å². The zero-order valence-electron chi connectivity index (χ0n) is 16.6. The number of para-hydroxylation sites is 1. The van der Waals surface area contributed by atoms with Crippen LogP contribution >= 0.6 is 23.2 Å². The number of pyridine rings is 1. The van der Waals surface area contributed by atoms with Crippen LogP contribution in [0.1, 0.15) is 26.3 Å². The number of ketones is 1. The summed E-state index contributed by atoms with van der Waals surface area (Å²) in [5, 5.41) is 1.53. The third-order valence-corrected chi connectivity index (χ3v) is 5.52. The number of esters is 1. The molecule has 31 heavy (non-hydrogen) atoms. The number of carbonyl (C=O) groups is 2. The Morgan fingerprint density at radius 3 is 2.32 bits per heavy atom. The van der Waals surface area contributed by atoms with Crippen LogP contribution in [0.3, 0.4) is 0 Å². The Hall–Kier alpha value is -3.21. The molecule has 0 N–H and O–H groups in total. The van der Waals surface area contributed by atoms with Gasteiger partial charge in [-0.15, -0.1) is 0 Å². The van der Waals surface area contributed by atoms with Gasteiger partial charge in [0, 0.05) is 21.5 Å². The molecule has 4 aromatic rings. The maximum atomic E-state index is 13.1. The van der Waals surface area contributed by atoms with Gasteiger partial charge in [0.25, 0.3) is 0 Å². The zero-order chi connectivity index (χ0) is 22.0. The van der Waals surface area contributed by atoms with E-state index < -0.39 is 5.97 Å². The molecule has 0 saturated carbocycles. The lowest BCUT2D eigenvalue weighted by atomic mass is 9.98. The minimum Gasteiger partial charge on any atom is -0.454 e. The molecule has 3 aromatic carbocycles. The van der Waals surface area contributed by atoms with Crippen molar-refractivity contribution < 1.29 is 14.3 Å².